The van der Waals surface area contributed by atoms with E-state index in [0.29, 0.717) is 0 Å². The summed E-state index contributed by atoms with van der Waals surface area (Å²) < 4.78 is 0. The normalized spacial score (nSPS) is 22.3. The van der Waals surface area contributed by atoms with Crippen LogP contribution in [0.15, 0.2) is 0 Å². The molecule has 0 aromatic heterocycles. The fourth-order valence-electron chi connectivity index (χ4n) is 0.943. The second-order valence-corrected chi connectivity index (χ2v) is 2.34. The number of rotatable bonds is 0. The van der Waals surface area contributed by atoms with E-state index in [4.69, 9.17) is 0 Å². The smallest absolute Gasteiger partial charge is 0 e. The molecule has 0 amide bonds. The summed E-state index contributed by atoms with van der Waals surface area (Å²) in [7, 11) is 2.13. The summed E-state index contributed by atoms with van der Waals surface area (Å²) in [6, 6.07) is 0. The largest absolute Gasteiger partial charge is 0.484 e. The molecule has 0 aromatic rings. The molecule has 1 radical (unpaired) electrons. The second-order valence-electron chi connectivity index (χ2n) is 2.34. The summed E-state index contributed by atoms with van der Waals surface area (Å²) in [6.07, 6.45) is 6.22. The van der Waals surface area contributed by atoms with E-state index in [1.807, 2.05) is 0 Å². The Labute approximate surface area is 83.1 Å². The molecule has 1 rings (SSSR count). The zero-order valence-electron chi connectivity index (χ0n) is 6.01. The van der Waals surface area contributed by atoms with Gasteiger partial charge in [0.1, 0.15) is 0 Å². The molecule has 0 aromatic carbocycles. The van der Waals surface area contributed by atoms with E-state index in [0.717, 1.165) is 6.54 Å². The van der Waals surface area contributed by atoms with E-state index in [-0.39, 0.29) is 32.7 Å². The Morgan fingerprint density at radius 2 is 2.11 bits per heavy atom. The molecule has 0 atom stereocenters. The van der Waals surface area contributed by atoms with Crippen LogP contribution in [0, 0.1) is 13.0 Å². The fraction of sp³-hybridized carbons (Fsp3) is 0.714. The van der Waals surface area contributed by atoms with Crippen LogP contribution < -0.4 is 0 Å². The SMILES string of the molecule is CN1[CH-]CCC[CH-]C1.[Y]. The minimum Gasteiger partial charge on any atom is -0.484 e. The topological polar surface area (TPSA) is 3.24 Å². The number of hydrogen-bond donors (Lipinski definition) is 0. The maximum absolute atomic E-state index is 2.34. The van der Waals surface area contributed by atoms with Crippen molar-refractivity contribution in [1.29, 1.82) is 0 Å². The van der Waals surface area contributed by atoms with Crippen molar-refractivity contribution < 1.29 is 32.7 Å². The van der Waals surface area contributed by atoms with Crippen molar-refractivity contribution in [1.82, 2.24) is 4.90 Å². The van der Waals surface area contributed by atoms with Crippen molar-refractivity contribution in [3.05, 3.63) is 13.0 Å². The van der Waals surface area contributed by atoms with Crippen LogP contribution in [0.25, 0.3) is 0 Å². The third-order valence-corrected chi connectivity index (χ3v) is 1.47. The maximum atomic E-state index is 2.34. The molecular formula is C7H13NY-2. The molecule has 0 N–H and O–H groups in total. The Morgan fingerprint density at radius 1 is 1.33 bits per heavy atom. The van der Waals surface area contributed by atoms with Crippen molar-refractivity contribution in [2.45, 2.75) is 19.3 Å². The first kappa shape index (κ1) is 10.1. The summed E-state index contributed by atoms with van der Waals surface area (Å²) in [6.45, 7) is 3.41. The van der Waals surface area contributed by atoms with Gasteiger partial charge in [-0.1, -0.05) is 0 Å². The van der Waals surface area contributed by atoms with Crippen LogP contribution >= 0.6 is 0 Å². The molecule has 1 saturated heterocycles. The van der Waals surface area contributed by atoms with Gasteiger partial charge in [0.25, 0.3) is 0 Å². The van der Waals surface area contributed by atoms with Crippen molar-refractivity contribution in [2.24, 2.45) is 0 Å². The minimum atomic E-state index is 0. The molecule has 0 aliphatic carbocycles. The third kappa shape index (κ3) is 4.47. The van der Waals surface area contributed by atoms with Gasteiger partial charge in [-0.2, -0.15) is 19.4 Å². The van der Waals surface area contributed by atoms with Gasteiger partial charge in [0.2, 0.25) is 0 Å². The van der Waals surface area contributed by atoms with E-state index >= 15 is 0 Å². The number of hydrogen-bond acceptors (Lipinski definition) is 1. The van der Waals surface area contributed by atoms with E-state index in [1.165, 1.54) is 19.3 Å². The summed E-state index contributed by atoms with van der Waals surface area (Å²) in [5.74, 6) is 0. The van der Waals surface area contributed by atoms with E-state index in [2.05, 4.69) is 24.9 Å². The minimum absolute atomic E-state index is 0. The molecule has 0 unspecified atom stereocenters. The van der Waals surface area contributed by atoms with Crippen molar-refractivity contribution in [3.8, 4) is 0 Å². The van der Waals surface area contributed by atoms with Gasteiger partial charge in [-0.25, -0.2) is 0 Å². The van der Waals surface area contributed by atoms with Crippen LogP contribution in [0.5, 0.6) is 0 Å². The first-order valence-electron chi connectivity index (χ1n) is 3.25. The van der Waals surface area contributed by atoms with Crippen molar-refractivity contribution in [3.63, 3.8) is 0 Å². The molecule has 1 heterocycles. The van der Waals surface area contributed by atoms with E-state index < -0.39 is 0 Å². The monoisotopic (exact) mass is 200 g/mol. The molecule has 0 spiro atoms. The van der Waals surface area contributed by atoms with Crippen LogP contribution in [0.3, 0.4) is 0 Å². The molecule has 1 nitrogen and oxygen atoms in total. The van der Waals surface area contributed by atoms with Gasteiger partial charge < -0.3 is 11.3 Å². The maximum Gasteiger partial charge on any atom is 0 e. The molecule has 1 aliphatic heterocycles. The average molecular weight is 200 g/mol. The van der Waals surface area contributed by atoms with Gasteiger partial charge >= 0.3 is 0 Å². The average Bonchev–Trinajstić information content (AvgIpc) is 1.94. The van der Waals surface area contributed by atoms with Gasteiger partial charge in [-0.15, -0.1) is 6.42 Å². The Hall–Kier alpha value is 1.06. The summed E-state index contributed by atoms with van der Waals surface area (Å²) in [4.78, 5) is 2.24. The molecule has 2 heteroatoms. The summed E-state index contributed by atoms with van der Waals surface area (Å²) >= 11 is 0. The molecule has 1 aliphatic rings. The number of likely N-dealkylation sites (tertiary alicyclic amines) is 1. The molecule has 1 fully saturated rings. The predicted octanol–water partition coefficient (Wildman–Crippen LogP) is 1.47. The molecule has 51 valence electrons. The van der Waals surface area contributed by atoms with Crippen LogP contribution in [-0.4, -0.2) is 18.5 Å². The zero-order valence-corrected chi connectivity index (χ0v) is 8.85. The fourth-order valence-corrected chi connectivity index (χ4v) is 0.943. The Bertz CT molecular complexity index is 57.9. The molecule has 0 saturated carbocycles. The van der Waals surface area contributed by atoms with Crippen LogP contribution in [-0.2, 0) is 32.7 Å². The van der Waals surface area contributed by atoms with E-state index in [9.17, 15) is 0 Å². The van der Waals surface area contributed by atoms with Crippen LogP contribution in [0.2, 0.25) is 0 Å². The number of nitrogens with zero attached hydrogens (tertiary/aromatic N) is 1. The Morgan fingerprint density at radius 3 is 2.89 bits per heavy atom. The molecule has 9 heavy (non-hydrogen) atoms. The van der Waals surface area contributed by atoms with Gasteiger partial charge in [0.05, 0.1) is 0 Å². The first-order valence-corrected chi connectivity index (χ1v) is 3.25. The Balaban J connectivity index is 0.000000640. The predicted molar refractivity (Wildman–Crippen MR) is 35.1 cm³/mol. The third-order valence-electron chi connectivity index (χ3n) is 1.47. The first-order chi connectivity index (χ1) is 3.89. The molecule has 0 bridgehead atoms. The van der Waals surface area contributed by atoms with Gasteiger partial charge in [-0.05, 0) is 7.05 Å². The summed E-state index contributed by atoms with van der Waals surface area (Å²) in [5.41, 5.74) is 0. The van der Waals surface area contributed by atoms with Gasteiger partial charge in [0.15, 0.2) is 0 Å². The Kier molecular flexibility index (Phi) is 6.51. The van der Waals surface area contributed by atoms with Crippen molar-refractivity contribution >= 4 is 0 Å². The van der Waals surface area contributed by atoms with Crippen LogP contribution in [0.4, 0.5) is 0 Å². The second kappa shape index (κ2) is 5.82. The van der Waals surface area contributed by atoms with Gasteiger partial charge in [0, 0.05) is 32.7 Å². The van der Waals surface area contributed by atoms with Crippen molar-refractivity contribution in [2.75, 3.05) is 13.6 Å². The molecular weight excluding hydrogens is 187 g/mol. The quantitative estimate of drug-likeness (QED) is 0.535. The van der Waals surface area contributed by atoms with Gasteiger partial charge in [-0.3, -0.25) is 6.54 Å². The summed E-state index contributed by atoms with van der Waals surface area (Å²) in [5, 5.41) is 0. The van der Waals surface area contributed by atoms with E-state index in [1.54, 1.807) is 0 Å². The van der Waals surface area contributed by atoms with Crippen LogP contribution in [0.1, 0.15) is 19.3 Å². The zero-order chi connectivity index (χ0) is 5.82. The standard InChI is InChI=1S/C7H13N.Y/c1-8-6-4-2-3-5-7-8;/h4,7H,2-3,5-6H2,1H3;/q-2;.